The lowest BCUT2D eigenvalue weighted by atomic mass is 9.95. The highest BCUT2D eigenvalue weighted by atomic mass is 19.1. The molecule has 1 saturated heterocycles. The molecule has 1 saturated carbocycles. The van der Waals surface area contributed by atoms with Crippen molar-refractivity contribution < 1.29 is 18.7 Å². The number of carbonyl (C=O) groups is 1. The highest BCUT2D eigenvalue weighted by Gasteiger charge is 2.35. The molecule has 0 bridgehead atoms. The van der Waals surface area contributed by atoms with Crippen molar-refractivity contribution >= 4 is 28.4 Å². The van der Waals surface area contributed by atoms with E-state index in [1.807, 2.05) is 43.9 Å². The van der Waals surface area contributed by atoms with E-state index in [4.69, 9.17) is 0 Å². The van der Waals surface area contributed by atoms with Crippen molar-refractivity contribution in [3.63, 3.8) is 0 Å². The molecule has 0 radical (unpaired) electrons. The number of benzene rings is 2. The van der Waals surface area contributed by atoms with Crippen LogP contribution in [0.25, 0.3) is 10.9 Å². The van der Waals surface area contributed by atoms with Gasteiger partial charge in [0.1, 0.15) is 17.2 Å². The van der Waals surface area contributed by atoms with Gasteiger partial charge in [-0.3, -0.25) is 24.0 Å². The van der Waals surface area contributed by atoms with Crippen molar-refractivity contribution in [2.24, 2.45) is 0 Å². The first-order valence-corrected chi connectivity index (χ1v) is 16.5. The predicted molar refractivity (Wildman–Crippen MR) is 180 cm³/mol. The Hall–Kier alpha value is -4.62. The van der Waals surface area contributed by atoms with Gasteiger partial charge in [0.25, 0.3) is 5.56 Å². The van der Waals surface area contributed by atoms with E-state index in [0.717, 1.165) is 33.9 Å². The monoisotopic (exact) mass is 662 g/mol. The number of aromatic nitrogens is 3. The third-order valence-electron chi connectivity index (χ3n) is 9.52. The Morgan fingerprint density at radius 3 is 2.56 bits per heavy atom. The zero-order chi connectivity index (χ0) is 34.3. The summed E-state index contributed by atoms with van der Waals surface area (Å²) in [6, 6.07) is 7.30. The maximum Gasteiger partial charge on any atom is 0.341 e. The number of hydrogen-bond donors (Lipinski definition) is 5. The fourth-order valence-corrected chi connectivity index (χ4v) is 6.87. The van der Waals surface area contributed by atoms with Gasteiger partial charge in [0, 0.05) is 67.2 Å². The Morgan fingerprint density at radius 2 is 1.90 bits per heavy atom. The maximum absolute atomic E-state index is 16.5. The third kappa shape index (κ3) is 6.56. The summed E-state index contributed by atoms with van der Waals surface area (Å²) in [6.45, 7) is 7.62. The Kier molecular flexibility index (Phi) is 9.35. The minimum Gasteiger partial charge on any atom is -0.477 e. The van der Waals surface area contributed by atoms with Crippen molar-refractivity contribution in [2.45, 2.75) is 77.4 Å². The molecule has 1 aliphatic heterocycles. The first kappa shape index (κ1) is 33.3. The van der Waals surface area contributed by atoms with Crippen molar-refractivity contribution in [1.29, 1.82) is 0 Å². The number of H-pyrrole nitrogens is 2. The van der Waals surface area contributed by atoms with E-state index < -0.39 is 45.9 Å². The second-order valence-corrected chi connectivity index (χ2v) is 12.9. The molecule has 3 heterocycles. The molecule has 2 aromatic carbocycles. The van der Waals surface area contributed by atoms with E-state index in [1.54, 1.807) is 0 Å². The molecular weight excluding hydrogens is 622 g/mol. The molecule has 254 valence electrons. The molecule has 0 spiro atoms. The standard InChI is InChI=1S/C35H40F2N6O5/c1-4-20-14-22(10-7-18(20)2)39-26-16-27(44)43(35(48)40-26)12-5-6-25(42-13-11-38-19(3)17-42)28-24(36)15-23-32(30(28)37)41-31(21-8-9-21)29(33(23)45)34(46)47/h7,10,14-16,19,21,25,38-39H,4-6,8-9,11-13,17H2,1-3H3,(H,40,48)(H,41,45)(H,46,47)/t19?,25-/m1/s1. The number of halogens is 2. The number of aromatic amines is 2. The van der Waals surface area contributed by atoms with Crippen LogP contribution in [-0.2, 0) is 13.0 Å². The summed E-state index contributed by atoms with van der Waals surface area (Å²) in [6.07, 6.45) is 2.62. The topological polar surface area (TPSA) is 152 Å². The molecule has 13 heteroatoms. The van der Waals surface area contributed by atoms with Crippen LogP contribution in [0.15, 0.2) is 44.7 Å². The molecular formula is C35H40F2N6O5. The van der Waals surface area contributed by atoms with E-state index in [2.05, 4.69) is 20.6 Å². The van der Waals surface area contributed by atoms with Gasteiger partial charge in [0.15, 0.2) is 5.82 Å². The second kappa shape index (κ2) is 13.5. The summed E-state index contributed by atoms with van der Waals surface area (Å²) in [5.74, 6) is -3.28. The van der Waals surface area contributed by atoms with Crippen LogP contribution >= 0.6 is 0 Å². The normalized spacial score (nSPS) is 17.5. The van der Waals surface area contributed by atoms with E-state index >= 15 is 8.78 Å². The molecule has 6 rings (SSSR count). The van der Waals surface area contributed by atoms with Gasteiger partial charge in [0.05, 0.1) is 10.9 Å². The average molecular weight is 663 g/mol. The molecule has 2 aromatic heterocycles. The van der Waals surface area contributed by atoms with E-state index in [9.17, 15) is 24.3 Å². The number of anilines is 2. The first-order chi connectivity index (χ1) is 23.0. The van der Waals surface area contributed by atoms with Crippen molar-refractivity contribution in [2.75, 3.05) is 25.0 Å². The summed E-state index contributed by atoms with van der Waals surface area (Å²) >= 11 is 0. The number of nitrogens with zero attached hydrogens (tertiary/aromatic N) is 2. The minimum absolute atomic E-state index is 0.0125. The van der Waals surface area contributed by atoms with E-state index in [1.165, 1.54) is 6.07 Å². The van der Waals surface area contributed by atoms with Gasteiger partial charge in [-0.2, -0.15) is 0 Å². The zero-order valence-electron chi connectivity index (χ0n) is 27.2. The summed E-state index contributed by atoms with van der Waals surface area (Å²) in [5, 5.41) is 15.8. The van der Waals surface area contributed by atoms with Gasteiger partial charge in [-0.25, -0.2) is 18.4 Å². The molecule has 11 nitrogen and oxygen atoms in total. The molecule has 0 amide bonds. The van der Waals surface area contributed by atoms with Crippen LogP contribution in [0, 0.1) is 18.6 Å². The molecule has 48 heavy (non-hydrogen) atoms. The van der Waals surface area contributed by atoms with Gasteiger partial charge in [0.2, 0.25) is 5.43 Å². The number of carboxylic acid groups (broad SMARTS) is 1. The van der Waals surface area contributed by atoms with Crippen LogP contribution in [0.2, 0.25) is 0 Å². The van der Waals surface area contributed by atoms with Crippen LogP contribution in [-0.4, -0.2) is 56.2 Å². The lowest BCUT2D eigenvalue weighted by molar-refractivity contribution is 0.0694. The predicted octanol–water partition coefficient (Wildman–Crippen LogP) is 4.66. The van der Waals surface area contributed by atoms with Crippen LogP contribution in [0.4, 0.5) is 20.3 Å². The Balaban J connectivity index is 1.30. The fourth-order valence-electron chi connectivity index (χ4n) is 6.87. The Labute approximate surface area is 275 Å². The number of nitrogens with one attached hydrogen (secondary N) is 4. The van der Waals surface area contributed by atoms with Crippen molar-refractivity contribution in [3.8, 4) is 0 Å². The summed E-state index contributed by atoms with van der Waals surface area (Å²) in [4.78, 5) is 58.8. The highest BCUT2D eigenvalue weighted by molar-refractivity contribution is 5.94. The minimum atomic E-state index is -1.44. The van der Waals surface area contributed by atoms with E-state index in [0.29, 0.717) is 32.5 Å². The van der Waals surface area contributed by atoms with Gasteiger partial charge < -0.3 is 20.7 Å². The molecule has 4 aromatic rings. The average Bonchev–Trinajstić information content (AvgIpc) is 3.88. The lowest BCUT2D eigenvalue weighted by Crippen LogP contribution is -2.50. The third-order valence-corrected chi connectivity index (χ3v) is 9.52. The van der Waals surface area contributed by atoms with Gasteiger partial charge in [-0.1, -0.05) is 13.0 Å². The fraction of sp³-hybridized carbons (Fsp3) is 0.429. The van der Waals surface area contributed by atoms with E-state index in [-0.39, 0.29) is 59.3 Å². The second-order valence-electron chi connectivity index (χ2n) is 12.9. The molecule has 2 atom stereocenters. The smallest absolute Gasteiger partial charge is 0.341 e. The van der Waals surface area contributed by atoms with Crippen molar-refractivity contribution in [1.82, 2.24) is 24.8 Å². The van der Waals surface area contributed by atoms with Gasteiger partial charge >= 0.3 is 11.7 Å². The Bertz CT molecular complexity index is 2040. The number of fused-ring (bicyclic) bond motifs is 1. The first-order valence-electron chi connectivity index (χ1n) is 16.5. The molecule has 5 N–H and O–H groups in total. The number of pyridine rings is 1. The van der Waals surface area contributed by atoms with Crippen LogP contribution in [0.3, 0.4) is 0 Å². The summed E-state index contributed by atoms with van der Waals surface area (Å²) in [7, 11) is 0. The Morgan fingerprint density at radius 1 is 1.12 bits per heavy atom. The largest absolute Gasteiger partial charge is 0.477 e. The molecule has 1 unspecified atom stereocenters. The maximum atomic E-state index is 16.5. The van der Waals surface area contributed by atoms with Crippen LogP contribution in [0.5, 0.6) is 0 Å². The molecule has 1 aliphatic carbocycles. The zero-order valence-corrected chi connectivity index (χ0v) is 27.2. The van der Waals surface area contributed by atoms with Gasteiger partial charge in [-0.15, -0.1) is 0 Å². The SMILES string of the molecule is CCc1cc(Nc2cc(=O)n(CCC[C@H](c3c(F)cc4c(=O)c(C(=O)O)c(C5CC5)[nH]c4c3F)N3CCNC(C)C3)c(=O)[nH]2)ccc1C. The summed E-state index contributed by atoms with van der Waals surface area (Å²) in [5.41, 5.74) is 0.215. The van der Waals surface area contributed by atoms with Crippen LogP contribution < -0.4 is 27.3 Å². The lowest BCUT2D eigenvalue weighted by Gasteiger charge is -2.38. The number of hydrogen-bond acceptors (Lipinski definition) is 7. The van der Waals surface area contributed by atoms with Crippen LogP contribution in [0.1, 0.15) is 84.2 Å². The number of rotatable bonds is 11. The molecule has 2 aliphatic rings. The number of carboxylic acids is 1. The quantitative estimate of drug-likeness (QED) is 0.156. The van der Waals surface area contributed by atoms with Crippen molar-refractivity contribution in [3.05, 3.63) is 101 Å². The number of piperazine rings is 1. The number of aryl methyl sites for hydroxylation is 2. The number of aromatic carboxylic acids is 1. The van der Waals surface area contributed by atoms with Gasteiger partial charge in [-0.05, 0) is 75.3 Å². The molecule has 2 fully saturated rings. The highest BCUT2D eigenvalue weighted by Crippen LogP contribution is 2.41. The summed E-state index contributed by atoms with van der Waals surface area (Å²) < 4.78 is 33.5.